The fourth-order valence-electron chi connectivity index (χ4n) is 2.77. The van der Waals surface area contributed by atoms with Crippen LogP contribution in [0.1, 0.15) is 17.5 Å². The second kappa shape index (κ2) is 10.4. The molecule has 0 atom stereocenters. The first-order valence-corrected chi connectivity index (χ1v) is 9.21. The van der Waals surface area contributed by atoms with Crippen molar-refractivity contribution in [2.45, 2.75) is 25.8 Å². The van der Waals surface area contributed by atoms with Crippen LogP contribution in [0.4, 0.5) is 0 Å². The first kappa shape index (κ1) is 19.0. The third kappa shape index (κ3) is 6.46. The summed E-state index contributed by atoms with van der Waals surface area (Å²) in [5, 5.41) is 0. The van der Waals surface area contributed by atoms with E-state index in [9.17, 15) is 0 Å². The van der Waals surface area contributed by atoms with Crippen LogP contribution >= 0.6 is 0 Å². The highest BCUT2D eigenvalue weighted by Gasteiger charge is 1.99. The van der Waals surface area contributed by atoms with Crippen LogP contribution in [0.3, 0.4) is 0 Å². The van der Waals surface area contributed by atoms with Gasteiger partial charge in [-0.05, 0) is 54.7 Å². The minimum Gasteiger partial charge on any atom is -0.497 e. The zero-order valence-corrected chi connectivity index (χ0v) is 15.7. The van der Waals surface area contributed by atoms with Gasteiger partial charge in [-0.1, -0.05) is 24.3 Å². The van der Waals surface area contributed by atoms with E-state index in [1.807, 2.05) is 36.8 Å². The number of aromatic nitrogens is 2. The topological polar surface area (TPSA) is 45.5 Å². The fraction of sp³-hybridized carbons (Fsp3) is 0.318. The third-order valence-corrected chi connectivity index (χ3v) is 4.36. The number of hydrogen-bond acceptors (Lipinski definition) is 4. The lowest BCUT2D eigenvalue weighted by Crippen LogP contribution is -2.05. The summed E-state index contributed by atoms with van der Waals surface area (Å²) in [6.45, 7) is 1.88. The fourth-order valence-corrected chi connectivity index (χ4v) is 2.77. The van der Waals surface area contributed by atoms with Gasteiger partial charge in [-0.3, -0.25) is 0 Å². The predicted molar refractivity (Wildman–Crippen MR) is 105 cm³/mol. The molecule has 3 rings (SSSR count). The minimum absolute atomic E-state index is 0.275. The van der Waals surface area contributed by atoms with Crippen LogP contribution in [0.15, 0.2) is 67.3 Å². The van der Waals surface area contributed by atoms with Crippen molar-refractivity contribution >= 4 is 0 Å². The normalized spacial score (nSPS) is 10.7. The van der Waals surface area contributed by atoms with Crippen LogP contribution in [0.2, 0.25) is 0 Å². The number of hydrogen-bond donors (Lipinski definition) is 0. The van der Waals surface area contributed by atoms with Gasteiger partial charge in [-0.25, -0.2) is 4.98 Å². The molecule has 0 saturated heterocycles. The third-order valence-electron chi connectivity index (χ3n) is 4.36. The van der Waals surface area contributed by atoms with E-state index in [2.05, 4.69) is 33.8 Å². The number of rotatable bonds is 11. The smallest absolute Gasteiger partial charge is 0.189 e. The van der Waals surface area contributed by atoms with Crippen molar-refractivity contribution < 1.29 is 14.2 Å². The second-order valence-electron chi connectivity index (χ2n) is 6.32. The summed E-state index contributed by atoms with van der Waals surface area (Å²) in [5.41, 5.74) is 2.56. The molecule has 0 saturated carbocycles. The van der Waals surface area contributed by atoms with Crippen LogP contribution in [0.5, 0.6) is 11.5 Å². The largest absolute Gasteiger partial charge is 0.497 e. The van der Waals surface area contributed by atoms with Gasteiger partial charge in [0.05, 0.1) is 20.0 Å². The van der Waals surface area contributed by atoms with Crippen molar-refractivity contribution in [3.8, 4) is 11.5 Å². The number of nitrogens with zero attached hydrogens (tertiary/aromatic N) is 2. The molecule has 2 aromatic carbocycles. The van der Waals surface area contributed by atoms with Gasteiger partial charge in [0.25, 0.3) is 0 Å². The van der Waals surface area contributed by atoms with Crippen molar-refractivity contribution in [3.05, 3.63) is 78.4 Å². The van der Waals surface area contributed by atoms with Crippen molar-refractivity contribution in [3.63, 3.8) is 0 Å². The average molecular weight is 366 g/mol. The van der Waals surface area contributed by atoms with Crippen LogP contribution < -0.4 is 9.47 Å². The average Bonchev–Trinajstić information content (AvgIpc) is 3.24. The molecule has 1 heterocycles. The lowest BCUT2D eigenvalue weighted by molar-refractivity contribution is 0.0143. The number of benzene rings is 2. The summed E-state index contributed by atoms with van der Waals surface area (Å²) in [7, 11) is 1.68. The monoisotopic (exact) mass is 366 g/mol. The highest BCUT2D eigenvalue weighted by molar-refractivity contribution is 5.28. The quantitative estimate of drug-likeness (QED) is 0.378. The highest BCUT2D eigenvalue weighted by Crippen LogP contribution is 2.14. The number of imidazole rings is 1. The molecule has 0 bridgehead atoms. The van der Waals surface area contributed by atoms with E-state index in [0.717, 1.165) is 37.3 Å². The SMILES string of the molecule is COc1ccc(CCCOCOc2ccc(CCn3ccnc3)cc2)cc1. The van der Waals surface area contributed by atoms with E-state index in [1.165, 1.54) is 11.1 Å². The van der Waals surface area contributed by atoms with Gasteiger partial charge in [0.15, 0.2) is 6.79 Å². The molecule has 5 nitrogen and oxygen atoms in total. The molecular formula is C22H26N2O3. The van der Waals surface area contributed by atoms with Crippen molar-refractivity contribution in [1.29, 1.82) is 0 Å². The standard InChI is InChI=1S/C22H26N2O3/c1-25-21-8-4-19(5-9-21)3-2-16-26-18-27-22-10-6-20(7-11-22)12-14-24-15-13-23-17-24/h4-11,13,15,17H,2-3,12,14,16,18H2,1H3. The maximum Gasteiger partial charge on any atom is 0.189 e. The van der Waals surface area contributed by atoms with Crippen molar-refractivity contribution in [2.24, 2.45) is 0 Å². The van der Waals surface area contributed by atoms with E-state index >= 15 is 0 Å². The lowest BCUT2D eigenvalue weighted by Gasteiger charge is -2.09. The number of ether oxygens (including phenoxy) is 3. The molecule has 5 heteroatoms. The Morgan fingerprint density at radius 2 is 1.59 bits per heavy atom. The van der Waals surface area contributed by atoms with Gasteiger partial charge < -0.3 is 18.8 Å². The summed E-state index contributed by atoms with van der Waals surface area (Å²) < 4.78 is 18.4. The molecule has 0 unspecified atom stereocenters. The van der Waals surface area contributed by atoms with E-state index in [1.54, 1.807) is 13.3 Å². The summed E-state index contributed by atoms with van der Waals surface area (Å²) in [6.07, 6.45) is 8.53. The molecular weight excluding hydrogens is 340 g/mol. The molecule has 1 aromatic heterocycles. The van der Waals surface area contributed by atoms with Gasteiger partial charge >= 0.3 is 0 Å². The number of aryl methyl sites for hydroxylation is 3. The molecule has 0 aliphatic heterocycles. The Hall–Kier alpha value is -2.79. The van der Waals surface area contributed by atoms with Gasteiger partial charge in [0, 0.05) is 18.9 Å². The first-order valence-electron chi connectivity index (χ1n) is 9.21. The highest BCUT2D eigenvalue weighted by atomic mass is 16.7. The van der Waals surface area contributed by atoms with Gasteiger partial charge in [-0.2, -0.15) is 0 Å². The molecule has 0 radical (unpaired) electrons. The molecule has 0 amide bonds. The molecule has 3 aromatic rings. The Morgan fingerprint density at radius 3 is 2.26 bits per heavy atom. The van der Waals surface area contributed by atoms with Gasteiger partial charge in [0.2, 0.25) is 0 Å². The molecule has 142 valence electrons. The van der Waals surface area contributed by atoms with Crippen LogP contribution in [-0.4, -0.2) is 30.1 Å². The predicted octanol–water partition coefficient (Wildman–Crippen LogP) is 4.12. The Morgan fingerprint density at radius 1 is 0.889 bits per heavy atom. The van der Waals surface area contributed by atoms with Crippen LogP contribution in [0, 0.1) is 0 Å². The second-order valence-corrected chi connectivity index (χ2v) is 6.32. The summed E-state index contributed by atoms with van der Waals surface area (Å²) in [5.74, 6) is 1.72. The Kier molecular flexibility index (Phi) is 7.30. The van der Waals surface area contributed by atoms with E-state index < -0.39 is 0 Å². The molecule has 0 N–H and O–H groups in total. The van der Waals surface area contributed by atoms with Gasteiger partial charge in [-0.15, -0.1) is 0 Å². The lowest BCUT2D eigenvalue weighted by atomic mass is 10.1. The summed E-state index contributed by atoms with van der Waals surface area (Å²) in [6, 6.07) is 16.3. The van der Waals surface area contributed by atoms with E-state index in [4.69, 9.17) is 14.2 Å². The zero-order valence-electron chi connectivity index (χ0n) is 15.7. The molecule has 27 heavy (non-hydrogen) atoms. The van der Waals surface area contributed by atoms with E-state index in [-0.39, 0.29) is 6.79 Å². The zero-order chi connectivity index (χ0) is 18.7. The first-order chi connectivity index (χ1) is 13.3. The van der Waals surface area contributed by atoms with E-state index in [0.29, 0.717) is 6.61 Å². The minimum atomic E-state index is 0.275. The Bertz CT molecular complexity index is 768. The Labute approximate surface area is 160 Å². The van der Waals surface area contributed by atoms with Crippen molar-refractivity contribution in [2.75, 3.05) is 20.5 Å². The van der Waals surface area contributed by atoms with Gasteiger partial charge in [0.1, 0.15) is 11.5 Å². The molecule has 0 aliphatic rings. The maximum atomic E-state index is 5.64. The molecule has 0 aliphatic carbocycles. The van der Waals surface area contributed by atoms with Crippen LogP contribution in [-0.2, 0) is 24.1 Å². The molecule has 0 fully saturated rings. The van der Waals surface area contributed by atoms with Crippen LogP contribution in [0.25, 0.3) is 0 Å². The van der Waals surface area contributed by atoms with Crippen molar-refractivity contribution in [1.82, 2.24) is 9.55 Å². The maximum absolute atomic E-state index is 5.64. The summed E-state index contributed by atoms with van der Waals surface area (Å²) >= 11 is 0. The molecule has 0 spiro atoms. The summed E-state index contributed by atoms with van der Waals surface area (Å²) in [4.78, 5) is 4.05. The number of methoxy groups -OCH3 is 1. The Balaban J connectivity index is 1.28.